The fourth-order valence-corrected chi connectivity index (χ4v) is 3.58. The predicted molar refractivity (Wildman–Crippen MR) is 74.1 cm³/mol. The van der Waals surface area contributed by atoms with Gasteiger partial charge in [-0.25, -0.2) is 0 Å². The maximum atomic E-state index is 12.5. The summed E-state index contributed by atoms with van der Waals surface area (Å²) in [6.45, 7) is 8.95. The molecule has 0 bridgehead atoms. The van der Waals surface area contributed by atoms with Crippen LogP contribution in [0.15, 0.2) is 0 Å². The second-order valence-electron chi connectivity index (χ2n) is 6.35. The van der Waals surface area contributed by atoms with Gasteiger partial charge in [-0.3, -0.25) is 10.1 Å². The highest BCUT2D eigenvalue weighted by Crippen LogP contribution is 2.34. The molecule has 0 spiro atoms. The van der Waals surface area contributed by atoms with Gasteiger partial charge in [-0.05, 0) is 44.4 Å². The van der Waals surface area contributed by atoms with Crippen molar-refractivity contribution in [3.63, 3.8) is 0 Å². The lowest BCUT2D eigenvalue weighted by Crippen LogP contribution is -2.46. The number of nitrogens with zero attached hydrogens (tertiary/aromatic N) is 1. The first-order chi connectivity index (χ1) is 8.54. The summed E-state index contributed by atoms with van der Waals surface area (Å²) < 4.78 is 0. The molecular weight excluding hydrogens is 224 g/mol. The lowest BCUT2D eigenvalue weighted by Gasteiger charge is -2.39. The van der Waals surface area contributed by atoms with Crippen LogP contribution >= 0.6 is 0 Å². The Morgan fingerprint density at radius 3 is 2.56 bits per heavy atom. The van der Waals surface area contributed by atoms with Crippen LogP contribution in [-0.4, -0.2) is 29.1 Å². The minimum absolute atomic E-state index is 0.0691. The molecule has 5 atom stereocenters. The maximum Gasteiger partial charge on any atom is 0.241 e. The van der Waals surface area contributed by atoms with E-state index in [2.05, 4.69) is 37.9 Å². The Balaban J connectivity index is 2.02. The second-order valence-corrected chi connectivity index (χ2v) is 6.35. The molecule has 1 amide bonds. The molecule has 3 nitrogen and oxygen atoms in total. The highest BCUT2D eigenvalue weighted by Gasteiger charge is 2.41. The minimum Gasteiger partial charge on any atom is -0.323 e. The van der Waals surface area contributed by atoms with E-state index < -0.39 is 0 Å². The van der Waals surface area contributed by atoms with Crippen molar-refractivity contribution in [2.24, 2.45) is 11.8 Å². The average Bonchev–Trinajstić information content (AvgIpc) is 2.59. The fourth-order valence-electron chi connectivity index (χ4n) is 3.58. The number of rotatable bonds is 3. The molecule has 1 saturated heterocycles. The summed E-state index contributed by atoms with van der Waals surface area (Å²) in [5.74, 6) is 1.90. The summed E-state index contributed by atoms with van der Waals surface area (Å²) in [4.78, 5) is 14.6. The third-order valence-corrected chi connectivity index (χ3v) is 4.95. The van der Waals surface area contributed by atoms with Crippen LogP contribution in [-0.2, 0) is 4.79 Å². The molecule has 104 valence electrons. The van der Waals surface area contributed by atoms with Crippen LogP contribution in [0.5, 0.6) is 0 Å². The van der Waals surface area contributed by atoms with Crippen LogP contribution < -0.4 is 5.32 Å². The SMILES string of the molecule is CCCC1NC(C)N(C2CCC(C)C(C)C2)C1=O. The fraction of sp³-hybridized carbons (Fsp3) is 0.933. The van der Waals surface area contributed by atoms with E-state index in [0.717, 1.165) is 24.7 Å². The summed E-state index contributed by atoms with van der Waals surface area (Å²) in [5, 5.41) is 3.45. The molecule has 0 aromatic heterocycles. The standard InChI is InChI=1S/C15H28N2O/c1-5-6-14-15(18)17(12(4)16-14)13-8-7-10(2)11(3)9-13/h10-14,16H,5-9H2,1-4H3. The van der Waals surface area contributed by atoms with E-state index in [0.29, 0.717) is 11.9 Å². The molecule has 0 aromatic carbocycles. The third-order valence-electron chi connectivity index (χ3n) is 4.95. The van der Waals surface area contributed by atoms with Crippen LogP contribution in [0.3, 0.4) is 0 Å². The first-order valence-corrected chi connectivity index (χ1v) is 7.62. The van der Waals surface area contributed by atoms with E-state index in [1.807, 2.05) is 0 Å². The summed E-state index contributed by atoms with van der Waals surface area (Å²) in [6.07, 6.45) is 5.89. The number of amides is 1. The maximum absolute atomic E-state index is 12.5. The number of hydrogen-bond donors (Lipinski definition) is 1. The van der Waals surface area contributed by atoms with Gasteiger partial charge in [0.1, 0.15) is 0 Å². The average molecular weight is 252 g/mol. The highest BCUT2D eigenvalue weighted by atomic mass is 16.2. The van der Waals surface area contributed by atoms with Gasteiger partial charge in [0.25, 0.3) is 0 Å². The van der Waals surface area contributed by atoms with Crippen LogP contribution in [0.1, 0.15) is 59.8 Å². The summed E-state index contributed by atoms with van der Waals surface area (Å²) >= 11 is 0. The van der Waals surface area contributed by atoms with Gasteiger partial charge < -0.3 is 4.90 Å². The Morgan fingerprint density at radius 2 is 1.94 bits per heavy atom. The Morgan fingerprint density at radius 1 is 1.22 bits per heavy atom. The quantitative estimate of drug-likeness (QED) is 0.837. The third kappa shape index (κ3) is 2.56. The van der Waals surface area contributed by atoms with Gasteiger partial charge in [0.2, 0.25) is 5.91 Å². The molecule has 1 heterocycles. The molecule has 2 rings (SSSR count). The zero-order chi connectivity index (χ0) is 13.3. The predicted octanol–water partition coefficient (Wildman–Crippen LogP) is 2.76. The van der Waals surface area contributed by atoms with Gasteiger partial charge in [-0.2, -0.15) is 0 Å². The molecule has 2 aliphatic rings. The van der Waals surface area contributed by atoms with Gasteiger partial charge in [0.05, 0.1) is 12.2 Å². The second kappa shape index (κ2) is 5.60. The summed E-state index contributed by atoms with van der Waals surface area (Å²) in [5.41, 5.74) is 0. The number of carbonyl (C=O) groups excluding carboxylic acids is 1. The van der Waals surface area contributed by atoms with Crippen molar-refractivity contribution in [2.45, 2.75) is 78.0 Å². The van der Waals surface area contributed by atoms with E-state index in [9.17, 15) is 4.79 Å². The van der Waals surface area contributed by atoms with Crippen LogP contribution in [0, 0.1) is 11.8 Å². The van der Waals surface area contributed by atoms with Gasteiger partial charge in [0.15, 0.2) is 0 Å². The van der Waals surface area contributed by atoms with Crippen molar-refractivity contribution >= 4 is 5.91 Å². The minimum atomic E-state index is 0.0691. The Labute approximate surface area is 111 Å². The largest absolute Gasteiger partial charge is 0.323 e. The zero-order valence-corrected chi connectivity index (χ0v) is 12.3. The number of nitrogens with one attached hydrogen (secondary N) is 1. The lowest BCUT2D eigenvalue weighted by atomic mass is 9.78. The topological polar surface area (TPSA) is 32.3 Å². The Bertz CT molecular complexity index is 305. The molecule has 0 aromatic rings. The molecule has 1 N–H and O–H groups in total. The smallest absolute Gasteiger partial charge is 0.241 e. The molecule has 1 aliphatic carbocycles. The van der Waals surface area contributed by atoms with Crippen molar-refractivity contribution < 1.29 is 4.79 Å². The Hall–Kier alpha value is -0.570. The van der Waals surface area contributed by atoms with Crippen LogP contribution in [0.4, 0.5) is 0 Å². The van der Waals surface area contributed by atoms with Crippen molar-refractivity contribution in [3.8, 4) is 0 Å². The number of carbonyl (C=O) groups is 1. The Kier molecular flexibility index (Phi) is 4.31. The molecule has 3 heteroatoms. The van der Waals surface area contributed by atoms with Gasteiger partial charge in [-0.15, -0.1) is 0 Å². The summed E-state index contributed by atoms with van der Waals surface area (Å²) in [7, 11) is 0. The lowest BCUT2D eigenvalue weighted by molar-refractivity contribution is -0.133. The van der Waals surface area contributed by atoms with E-state index in [-0.39, 0.29) is 12.2 Å². The highest BCUT2D eigenvalue weighted by molar-refractivity contribution is 5.84. The van der Waals surface area contributed by atoms with Gasteiger partial charge in [-0.1, -0.05) is 27.2 Å². The van der Waals surface area contributed by atoms with Crippen molar-refractivity contribution in [1.29, 1.82) is 0 Å². The van der Waals surface area contributed by atoms with Gasteiger partial charge >= 0.3 is 0 Å². The molecular formula is C15H28N2O. The molecule has 5 unspecified atom stereocenters. The van der Waals surface area contributed by atoms with E-state index in [1.54, 1.807) is 0 Å². The van der Waals surface area contributed by atoms with Crippen LogP contribution in [0.2, 0.25) is 0 Å². The van der Waals surface area contributed by atoms with E-state index >= 15 is 0 Å². The molecule has 1 saturated carbocycles. The van der Waals surface area contributed by atoms with E-state index in [1.165, 1.54) is 19.3 Å². The normalized spacial score (nSPS) is 41.4. The monoisotopic (exact) mass is 252 g/mol. The van der Waals surface area contributed by atoms with Crippen molar-refractivity contribution in [2.75, 3.05) is 0 Å². The van der Waals surface area contributed by atoms with Gasteiger partial charge in [0, 0.05) is 6.04 Å². The first kappa shape index (κ1) is 13.9. The zero-order valence-electron chi connectivity index (χ0n) is 12.3. The number of hydrogen-bond acceptors (Lipinski definition) is 2. The van der Waals surface area contributed by atoms with Crippen molar-refractivity contribution in [1.82, 2.24) is 10.2 Å². The van der Waals surface area contributed by atoms with Crippen LogP contribution in [0.25, 0.3) is 0 Å². The molecule has 2 fully saturated rings. The van der Waals surface area contributed by atoms with E-state index in [4.69, 9.17) is 0 Å². The summed E-state index contributed by atoms with van der Waals surface area (Å²) in [6, 6.07) is 0.535. The molecule has 0 radical (unpaired) electrons. The molecule has 18 heavy (non-hydrogen) atoms. The van der Waals surface area contributed by atoms with Crippen molar-refractivity contribution in [3.05, 3.63) is 0 Å². The molecule has 1 aliphatic heterocycles. The first-order valence-electron chi connectivity index (χ1n) is 7.62.